The molecule has 0 aliphatic heterocycles. The predicted molar refractivity (Wildman–Crippen MR) is 57.6 cm³/mol. The van der Waals surface area contributed by atoms with Gasteiger partial charge in [-0.3, -0.25) is 4.79 Å². The Bertz CT molecular complexity index is 363. The topological polar surface area (TPSA) is 49.3 Å². The molecule has 0 spiro atoms. The van der Waals surface area contributed by atoms with Crippen molar-refractivity contribution in [2.24, 2.45) is 0 Å². The maximum absolute atomic E-state index is 11.0. The van der Waals surface area contributed by atoms with Crippen LogP contribution in [0.25, 0.3) is 0 Å². The summed E-state index contributed by atoms with van der Waals surface area (Å²) < 4.78 is 0. The number of benzene rings is 1. The highest BCUT2D eigenvalue weighted by atomic mass is 16.2. The first kappa shape index (κ1) is 10.5. The van der Waals surface area contributed by atoms with Gasteiger partial charge in [-0.25, -0.2) is 0 Å². The third-order valence-corrected chi connectivity index (χ3v) is 1.87. The number of aryl methyl sites for hydroxylation is 1. The molecule has 0 heterocycles. The van der Waals surface area contributed by atoms with Crippen molar-refractivity contribution < 1.29 is 9.82 Å². The molecule has 0 atom stereocenters. The van der Waals surface area contributed by atoms with Crippen LogP contribution < -0.4 is 10.8 Å². The molecular weight excluding hydrogens is 177 g/mol. The van der Waals surface area contributed by atoms with Gasteiger partial charge in [-0.05, 0) is 30.6 Å². The van der Waals surface area contributed by atoms with Gasteiger partial charge in [-0.2, -0.15) is 0 Å². The number of carbonyl (C=O) groups is 1. The van der Waals surface area contributed by atoms with Crippen LogP contribution in [0.15, 0.2) is 30.9 Å². The van der Waals surface area contributed by atoms with E-state index in [-0.39, 0.29) is 5.91 Å². The largest absolute Gasteiger partial charge is 0.450 e. The number of hydrogen-bond donors (Lipinski definition) is 2. The standard InChI is InChI=1S/C10H11BNO2/c1-3-10(13)12-8-5-4-7(2)9(6-8)11-14/h3-6,14H,1H2,2H3,(H,12,13). The highest BCUT2D eigenvalue weighted by molar-refractivity contribution is 6.46. The molecule has 4 heteroatoms. The van der Waals surface area contributed by atoms with E-state index in [0.717, 1.165) is 13.0 Å². The molecule has 1 rings (SSSR count). The Morgan fingerprint density at radius 3 is 2.93 bits per heavy atom. The lowest BCUT2D eigenvalue weighted by molar-refractivity contribution is -0.111. The summed E-state index contributed by atoms with van der Waals surface area (Å²) in [5.74, 6) is -0.266. The van der Waals surface area contributed by atoms with E-state index in [1.54, 1.807) is 12.1 Å². The Morgan fingerprint density at radius 1 is 1.64 bits per heavy atom. The number of hydrogen-bond acceptors (Lipinski definition) is 2. The molecule has 1 radical (unpaired) electrons. The van der Waals surface area contributed by atoms with Gasteiger partial charge in [0.2, 0.25) is 5.91 Å². The Kier molecular flexibility index (Phi) is 3.48. The van der Waals surface area contributed by atoms with Crippen LogP contribution in [0.3, 0.4) is 0 Å². The fourth-order valence-corrected chi connectivity index (χ4v) is 1.05. The minimum absolute atomic E-state index is 0.266. The first-order valence-electron chi connectivity index (χ1n) is 4.19. The lowest BCUT2D eigenvalue weighted by Crippen LogP contribution is -2.18. The third kappa shape index (κ3) is 2.47. The van der Waals surface area contributed by atoms with E-state index in [1.165, 1.54) is 6.08 Å². The fourth-order valence-electron chi connectivity index (χ4n) is 1.05. The minimum atomic E-state index is -0.266. The summed E-state index contributed by atoms with van der Waals surface area (Å²) >= 11 is 0. The summed E-state index contributed by atoms with van der Waals surface area (Å²) in [5.41, 5.74) is 2.27. The van der Waals surface area contributed by atoms with Crippen LogP contribution >= 0.6 is 0 Å². The van der Waals surface area contributed by atoms with Gasteiger partial charge in [0.25, 0.3) is 0 Å². The highest BCUT2D eigenvalue weighted by Gasteiger charge is 2.02. The van der Waals surface area contributed by atoms with Gasteiger partial charge in [-0.1, -0.05) is 18.2 Å². The quantitative estimate of drug-likeness (QED) is 0.531. The number of amides is 1. The Hall–Kier alpha value is -1.55. The molecule has 0 saturated heterocycles. The van der Waals surface area contributed by atoms with E-state index in [2.05, 4.69) is 11.9 Å². The van der Waals surface area contributed by atoms with Crippen LogP contribution in [0.2, 0.25) is 0 Å². The Morgan fingerprint density at radius 2 is 2.36 bits per heavy atom. The molecule has 0 fully saturated rings. The normalized spacial score (nSPS) is 9.29. The van der Waals surface area contributed by atoms with Crippen LogP contribution in [0.1, 0.15) is 5.56 Å². The molecule has 0 unspecified atom stereocenters. The summed E-state index contributed by atoms with van der Waals surface area (Å²) in [4.78, 5) is 11.0. The average molecular weight is 188 g/mol. The van der Waals surface area contributed by atoms with Gasteiger partial charge in [0.05, 0.1) is 0 Å². The summed E-state index contributed by atoms with van der Waals surface area (Å²) in [6.07, 6.45) is 1.20. The monoisotopic (exact) mass is 188 g/mol. The van der Waals surface area contributed by atoms with Crippen LogP contribution in [0, 0.1) is 6.92 Å². The molecule has 0 aromatic heterocycles. The predicted octanol–water partition coefficient (Wildman–Crippen LogP) is 0.356. The number of rotatable bonds is 3. The third-order valence-electron chi connectivity index (χ3n) is 1.87. The van der Waals surface area contributed by atoms with Crippen molar-refractivity contribution >= 4 is 24.5 Å². The zero-order valence-electron chi connectivity index (χ0n) is 7.95. The molecule has 1 amide bonds. The van der Waals surface area contributed by atoms with Gasteiger partial charge in [0, 0.05) is 5.69 Å². The zero-order valence-corrected chi connectivity index (χ0v) is 7.95. The van der Waals surface area contributed by atoms with Crippen molar-refractivity contribution in [1.29, 1.82) is 0 Å². The van der Waals surface area contributed by atoms with Crippen LogP contribution in [-0.4, -0.2) is 18.4 Å². The van der Waals surface area contributed by atoms with Crippen molar-refractivity contribution in [1.82, 2.24) is 0 Å². The highest BCUT2D eigenvalue weighted by Crippen LogP contribution is 2.06. The molecule has 71 valence electrons. The van der Waals surface area contributed by atoms with Gasteiger partial charge in [-0.15, -0.1) is 0 Å². The van der Waals surface area contributed by atoms with Crippen molar-refractivity contribution in [3.63, 3.8) is 0 Å². The molecule has 0 saturated carbocycles. The smallest absolute Gasteiger partial charge is 0.327 e. The molecular formula is C10H11BNO2. The van der Waals surface area contributed by atoms with Gasteiger partial charge < -0.3 is 10.3 Å². The Balaban J connectivity index is 2.89. The minimum Gasteiger partial charge on any atom is -0.450 e. The van der Waals surface area contributed by atoms with Crippen molar-refractivity contribution in [2.45, 2.75) is 6.92 Å². The molecule has 14 heavy (non-hydrogen) atoms. The van der Waals surface area contributed by atoms with Crippen molar-refractivity contribution in [2.75, 3.05) is 5.32 Å². The van der Waals surface area contributed by atoms with E-state index in [4.69, 9.17) is 5.02 Å². The van der Waals surface area contributed by atoms with Gasteiger partial charge >= 0.3 is 7.48 Å². The maximum Gasteiger partial charge on any atom is 0.327 e. The van der Waals surface area contributed by atoms with Gasteiger partial charge in [0.1, 0.15) is 0 Å². The average Bonchev–Trinajstić information content (AvgIpc) is 2.20. The van der Waals surface area contributed by atoms with E-state index in [0.29, 0.717) is 11.2 Å². The first-order valence-corrected chi connectivity index (χ1v) is 4.19. The van der Waals surface area contributed by atoms with E-state index >= 15 is 0 Å². The maximum atomic E-state index is 11.0. The van der Waals surface area contributed by atoms with Crippen LogP contribution in [0.4, 0.5) is 5.69 Å². The second-order valence-electron chi connectivity index (χ2n) is 2.89. The fraction of sp³-hybridized carbons (Fsp3) is 0.100. The molecule has 3 nitrogen and oxygen atoms in total. The zero-order chi connectivity index (χ0) is 10.6. The summed E-state index contributed by atoms with van der Waals surface area (Å²) in [5, 5.41) is 11.5. The summed E-state index contributed by atoms with van der Waals surface area (Å²) in [6.45, 7) is 5.22. The summed E-state index contributed by atoms with van der Waals surface area (Å²) in [7, 11) is 1.01. The second kappa shape index (κ2) is 4.62. The molecule has 1 aromatic rings. The number of nitrogens with one attached hydrogen (secondary N) is 1. The molecule has 0 aliphatic carbocycles. The van der Waals surface area contributed by atoms with E-state index < -0.39 is 0 Å². The number of anilines is 1. The number of carbonyl (C=O) groups excluding carboxylic acids is 1. The second-order valence-corrected chi connectivity index (χ2v) is 2.89. The molecule has 0 bridgehead atoms. The van der Waals surface area contributed by atoms with Crippen molar-refractivity contribution in [3.05, 3.63) is 36.4 Å². The van der Waals surface area contributed by atoms with E-state index in [1.807, 2.05) is 13.0 Å². The molecule has 2 N–H and O–H groups in total. The molecule has 0 aliphatic rings. The first-order chi connectivity index (χ1) is 6.67. The van der Waals surface area contributed by atoms with Crippen LogP contribution in [0.5, 0.6) is 0 Å². The lowest BCUT2D eigenvalue weighted by Gasteiger charge is -2.06. The van der Waals surface area contributed by atoms with Gasteiger partial charge in [0.15, 0.2) is 0 Å². The Labute approximate surface area is 83.7 Å². The lowest BCUT2D eigenvalue weighted by atomic mass is 9.84. The molecule has 1 aromatic carbocycles. The summed E-state index contributed by atoms with van der Waals surface area (Å²) in [6, 6.07) is 5.28. The SMILES string of the molecule is C=CC(=O)Nc1ccc(C)c([B]O)c1. The van der Waals surface area contributed by atoms with Crippen LogP contribution in [-0.2, 0) is 4.79 Å². The van der Waals surface area contributed by atoms with Crippen molar-refractivity contribution in [3.8, 4) is 0 Å². The van der Waals surface area contributed by atoms with E-state index in [9.17, 15) is 4.79 Å².